The maximum Gasteiger partial charge on any atom is 0.253 e. The van der Waals surface area contributed by atoms with E-state index in [2.05, 4.69) is 10.3 Å². The number of carbonyl (C=O) groups excluding carboxylic acids is 1. The van der Waals surface area contributed by atoms with E-state index in [1.54, 1.807) is 11.3 Å². The van der Waals surface area contributed by atoms with E-state index in [0.29, 0.717) is 0 Å². The van der Waals surface area contributed by atoms with Gasteiger partial charge in [-0.1, -0.05) is 0 Å². The molecule has 1 N–H and O–H groups in total. The second-order valence-electron chi connectivity index (χ2n) is 6.75. The Balaban J connectivity index is 0.00000169. The van der Waals surface area contributed by atoms with Crippen LogP contribution in [0.1, 0.15) is 36.0 Å². The molecular formula is C18H24ClN3OS. The van der Waals surface area contributed by atoms with Gasteiger partial charge in [-0.15, -0.1) is 23.7 Å². The van der Waals surface area contributed by atoms with Crippen LogP contribution in [0.3, 0.4) is 0 Å². The third kappa shape index (κ3) is 3.58. The number of rotatable bonds is 2. The van der Waals surface area contributed by atoms with Gasteiger partial charge in [0.05, 0.1) is 15.7 Å². The third-order valence-corrected chi connectivity index (χ3v) is 6.25. The summed E-state index contributed by atoms with van der Waals surface area (Å²) in [6.07, 6.45) is 4.94. The summed E-state index contributed by atoms with van der Waals surface area (Å²) in [6, 6.07) is 5.87. The molecule has 0 bridgehead atoms. The fourth-order valence-electron chi connectivity index (χ4n) is 4.06. The number of nitrogens with one attached hydrogen (secondary N) is 1. The van der Waals surface area contributed by atoms with Crippen LogP contribution in [0.5, 0.6) is 0 Å². The molecule has 4 rings (SSSR count). The Morgan fingerprint density at radius 3 is 2.58 bits per heavy atom. The number of fused-ring (bicyclic) bond motifs is 1. The van der Waals surface area contributed by atoms with Crippen molar-refractivity contribution in [2.75, 3.05) is 26.2 Å². The van der Waals surface area contributed by atoms with E-state index >= 15 is 0 Å². The number of hydrogen-bond acceptors (Lipinski definition) is 4. The number of likely N-dealkylation sites (tertiary alicyclic amines) is 1. The predicted octanol–water partition coefficient (Wildman–Crippen LogP) is 3.57. The largest absolute Gasteiger partial charge is 0.339 e. The topological polar surface area (TPSA) is 45.2 Å². The predicted molar refractivity (Wildman–Crippen MR) is 101 cm³/mol. The first-order valence-corrected chi connectivity index (χ1v) is 9.52. The summed E-state index contributed by atoms with van der Waals surface area (Å²) in [5.41, 5.74) is 3.63. The molecule has 24 heavy (non-hydrogen) atoms. The first-order valence-electron chi connectivity index (χ1n) is 8.64. The highest BCUT2D eigenvalue weighted by Crippen LogP contribution is 2.31. The van der Waals surface area contributed by atoms with Crippen molar-refractivity contribution in [1.82, 2.24) is 15.2 Å². The van der Waals surface area contributed by atoms with Gasteiger partial charge in [-0.05, 0) is 68.8 Å². The first-order chi connectivity index (χ1) is 11.3. The van der Waals surface area contributed by atoms with Crippen molar-refractivity contribution in [3.05, 3.63) is 29.3 Å². The lowest BCUT2D eigenvalue weighted by molar-refractivity contribution is 0.0642. The zero-order chi connectivity index (χ0) is 15.6. The second-order valence-corrected chi connectivity index (χ2v) is 7.64. The van der Waals surface area contributed by atoms with Crippen LogP contribution >= 0.6 is 23.7 Å². The van der Waals surface area contributed by atoms with Crippen LogP contribution in [0.25, 0.3) is 10.2 Å². The summed E-state index contributed by atoms with van der Waals surface area (Å²) in [6.45, 7) is 4.15. The van der Waals surface area contributed by atoms with E-state index in [1.165, 1.54) is 38.8 Å². The molecule has 130 valence electrons. The lowest BCUT2D eigenvalue weighted by Gasteiger charge is -2.37. The maximum absolute atomic E-state index is 12.7. The molecule has 0 atom stereocenters. The number of hydrogen-bond donors (Lipinski definition) is 1. The minimum Gasteiger partial charge on any atom is -0.339 e. The zero-order valence-electron chi connectivity index (χ0n) is 13.7. The van der Waals surface area contributed by atoms with Gasteiger partial charge >= 0.3 is 0 Å². The molecule has 2 fully saturated rings. The lowest BCUT2D eigenvalue weighted by Crippen LogP contribution is -2.42. The number of piperidine rings is 2. The van der Waals surface area contributed by atoms with Crippen molar-refractivity contribution in [3.8, 4) is 0 Å². The van der Waals surface area contributed by atoms with Gasteiger partial charge in [-0.3, -0.25) is 4.79 Å². The Morgan fingerprint density at radius 2 is 1.83 bits per heavy atom. The first kappa shape index (κ1) is 17.6. The monoisotopic (exact) mass is 365 g/mol. The van der Waals surface area contributed by atoms with Crippen LogP contribution in [-0.2, 0) is 0 Å². The highest BCUT2D eigenvalue weighted by Gasteiger charge is 2.29. The normalized spacial score (nSPS) is 20.1. The van der Waals surface area contributed by atoms with Gasteiger partial charge in [0, 0.05) is 18.7 Å². The van der Waals surface area contributed by atoms with Crippen molar-refractivity contribution in [3.63, 3.8) is 0 Å². The molecule has 2 aliphatic rings. The van der Waals surface area contributed by atoms with E-state index in [9.17, 15) is 4.79 Å². The summed E-state index contributed by atoms with van der Waals surface area (Å²) < 4.78 is 1.10. The molecule has 1 amide bonds. The summed E-state index contributed by atoms with van der Waals surface area (Å²) in [7, 11) is 0. The van der Waals surface area contributed by atoms with Gasteiger partial charge in [0.25, 0.3) is 5.91 Å². The average molecular weight is 366 g/mol. The highest BCUT2D eigenvalue weighted by molar-refractivity contribution is 7.16. The maximum atomic E-state index is 12.7. The van der Waals surface area contributed by atoms with Gasteiger partial charge in [0.1, 0.15) is 0 Å². The van der Waals surface area contributed by atoms with Crippen LogP contribution < -0.4 is 5.32 Å². The second kappa shape index (κ2) is 7.81. The molecule has 0 radical (unpaired) electrons. The zero-order valence-corrected chi connectivity index (χ0v) is 15.4. The van der Waals surface area contributed by atoms with Gasteiger partial charge < -0.3 is 10.2 Å². The summed E-state index contributed by atoms with van der Waals surface area (Å²) in [4.78, 5) is 19.1. The molecule has 1 aromatic carbocycles. The van der Waals surface area contributed by atoms with Gasteiger partial charge in [-0.25, -0.2) is 4.98 Å². The molecule has 1 aromatic heterocycles. The summed E-state index contributed by atoms with van der Waals surface area (Å²) >= 11 is 1.60. The van der Waals surface area contributed by atoms with E-state index in [4.69, 9.17) is 0 Å². The Labute approximate surface area is 153 Å². The number of nitrogens with zero attached hydrogens (tertiary/aromatic N) is 2. The smallest absolute Gasteiger partial charge is 0.253 e. The summed E-state index contributed by atoms with van der Waals surface area (Å²) in [5.74, 6) is 1.86. The Kier molecular flexibility index (Phi) is 5.74. The number of thiazole rings is 1. The van der Waals surface area contributed by atoms with E-state index in [-0.39, 0.29) is 18.3 Å². The molecule has 0 spiro atoms. The Morgan fingerprint density at radius 1 is 1.12 bits per heavy atom. The lowest BCUT2D eigenvalue weighted by atomic mass is 9.79. The fourth-order valence-corrected chi connectivity index (χ4v) is 4.78. The number of benzene rings is 1. The Hall–Kier alpha value is -1.17. The molecule has 0 unspecified atom stereocenters. The minimum atomic E-state index is 0. The fraction of sp³-hybridized carbons (Fsp3) is 0.556. The molecule has 2 saturated heterocycles. The number of aromatic nitrogens is 1. The number of halogens is 1. The van der Waals surface area contributed by atoms with Crippen molar-refractivity contribution in [1.29, 1.82) is 0 Å². The standard InChI is InChI=1S/C18H23N3OS.ClH/c22-18(15-1-2-16-17(11-15)23-12-20-16)21-9-5-14(6-10-21)13-3-7-19-8-4-13;/h1-2,11-14,19H,3-10H2;1H. The molecule has 2 aliphatic heterocycles. The quantitative estimate of drug-likeness (QED) is 0.884. The van der Waals surface area contributed by atoms with Crippen LogP contribution in [-0.4, -0.2) is 42.0 Å². The molecule has 3 heterocycles. The molecular weight excluding hydrogens is 342 g/mol. The Bertz CT molecular complexity index is 690. The van der Waals surface area contributed by atoms with E-state index < -0.39 is 0 Å². The van der Waals surface area contributed by atoms with Crippen molar-refractivity contribution < 1.29 is 4.79 Å². The number of amides is 1. The molecule has 0 saturated carbocycles. The van der Waals surface area contributed by atoms with Gasteiger partial charge in [-0.2, -0.15) is 0 Å². The molecule has 2 aromatic rings. The van der Waals surface area contributed by atoms with Crippen LogP contribution in [0.2, 0.25) is 0 Å². The molecule has 0 aliphatic carbocycles. The minimum absolute atomic E-state index is 0. The van der Waals surface area contributed by atoms with Crippen molar-refractivity contribution >= 4 is 39.9 Å². The number of carbonyl (C=O) groups is 1. The highest BCUT2D eigenvalue weighted by atomic mass is 35.5. The SMILES string of the molecule is Cl.O=C(c1ccc2ncsc2c1)N1CCC(C2CCNCC2)CC1. The van der Waals surface area contributed by atoms with Crippen molar-refractivity contribution in [2.24, 2.45) is 11.8 Å². The van der Waals surface area contributed by atoms with E-state index in [0.717, 1.165) is 40.7 Å². The molecule has 4 nitrogen and oxygen atoms in total. The summed E-state index contributed by atoms with van der Waals surface area (Å²) in [5, 5.41) is 3.45. The van der Waals surface area contributed by atoms with Crippen LogP contribution in [0.4, 0.5) is 0 Å². The van der Waals surface area contributed by atoms with E-state index in [1.807, 2.05) is 28.6 Å². The third-order valence-electron chi connectivity index (χ3n) is 5.46. The van der Waals surface area contributed by atoms with Gasteiger partial charge in [0.2, 0.25) is 0 Å². The average Bonchev–Trinajstić information content (AvgIpc) is 3.10. The van der Waals surface area contributed by atoms with Crippen molar-refractivity contribution in [2.45, 2.75) is 25.7 Å². The molecule has 6 heteroatoms. The van der Waals surface area contributed by atoms with Crippen LogP contribution in [0.15, 0.2) is 23.7 Å². The van der Waals surface area contributed by atoms with Gasteiger partial charge in [0.15, 0.2) is 0 Å². The van der Waals surface area contributed by atoms with Crippen LogP contribution in [0, 0.1) is 11.8 Å².